The molecule has 2 atom stereocenters. The van der Waals surface area contributed by atoms with Gasteiger partial charge in [0, 0.05) is 24.0 Å². The molecule has 1 amide bonds. The Kier molecular flexibility index (Phi) is 7.48. The van der Waals surface area contributed by atoms with Gasteiger partial charge in [-0.1, -0.05) is 13.3 Å². The first kappa shape index (κ1) is 17.4. The molecule has 2 unspecified atom stereocenters. The summed E-state index contributed by atoms with van der Waals surface area (Å²) in [5.41, 5.74) is 5.68. The van der Waals surface area contributed by atoms with Crippen LogP contribution >= 0.6 is 0 Å². The number of hydrogen-bond acceptors (Lipinski definition) is 3. The molecule has 0 aliphatic rings. The molecule has 0 radical (unpaired) electrons. The Morgan fingerprint density at radius 2 is 1.83 bits per heavy atom. The van der Waals surface area contributed by atoms with Crippen LogP contribution in [0.3, 0.4) is 0 Å². The Labute approximate surface area is 112 Å². The van der Waals surface area contributed by atoms with Crippen LogP contribution in [0.4, 0.5) is 0 Å². The van der Waals surface area contributed by atoms with Crippen molar-refractivity contribution < 1.29 is 4.79 Å². The minimum atomic E-state index is -0.0127. The maximum absolute atomic E-state index is 11.9. The summed E-state index contributed by atoms with van der Waals surface area (Å²) in [6.07, 6.45) is 2.92. The van der Waals surface area contributed by atoms with E-state index in [1.54, 1.807) is 0 Å². The first-order valence-corrected chi connectivity index (χ1v) is 6.87. The van der Waals surface area contributed by atoms with Crippen molar-refractivity contribution in [1.82, 2.24) is 10.2 Å². The molecule has 3 N–H and O–H groups in total. The van der Waals surface area contributed by atoms with E-state index in [1.165, 1.54) is 0 Å². The molecule has 0 rings (SSSR count). The summed E-state index contributed by atoms with van der Waals surface area (Å²) in [7, 11) is 4.05. The zero-order valence-corrected chi connectivity index (χ0v) is 12.9. The number of nitrogens with one attached hydrogen (secondary N) is 1. The van der Waals surface area contributed by atoms with Crippen LogP contribution in [-0.2, 0) is 4.79 Å². The molecule has 0 aromatic heterocycles. The standard InChI is InChI=1S/C14H31N3O/c1-11(8-7-9-12(2)15)13(18)16-10-14(3,4)17(5)6/h11-12H,7-10,15H2,1-6H3,(H,16,18). The van der Waals surface area contributed by atoms with Crippen molar-refractivity contribution in [2.24, 2.45) is 11.7 Å². The predicted molar refractivity (Wildman–Crippen MR) is 77.4 cm³/mol. The summed E-state index contributed by atoms with van der Waals surface area (Å²) in [6.45, 7) is 8.90. The van der Waals surface area contributed by atoms with Gasteiger partial charge < -0.3 is 16.0 Å². The van der Waals surface area contributed by atoms with Crippen molar-refractivity contribution in [2.45, 2.75) is 58.5 Å². The lowest BCUT2D eigenvalue weighted by Crippen LogP contribution is -2.49. The second-order valence-corrected chi connectivity index (χ2v) is 6.23. The van der Waals surface area contributed by atoms with Gasteiger partial charge in [0.2, 0.25) is 5.91 Å². The largest absolute Gasteiger partial charge is 0.354 e. The Hall–Kier alpha value is -0.610. The Morgan fingerprint density at radius 3 is 2.28 bits per heavy atom. The first-order chi connectivity index (χ1) is 8.16. The number of nitrogens with zero attached hydrogens (tertiary/aromatic N) is 1. The van der Waals surface area contributed by atoms with E-state index in [0.29, 0.717) is 6.54 Å². The van der Waals surface area contributed by atoms with Gasteiger partial charge in [0.1, 0.15) is 0 Å². The third kappa shape index (κ3) is 6.97. The molecule has 0 heterocycles. The van der Waals surface area contributed by atoms with E-state index < -0.39 is 0 Å². The third-order valence-electron chi connectivity index (χ3n) is 3.65. The quantitative estimate of drug-likeness (QED) is 0.694. The van der Waals surface area contributed by atoms with Crippen LogP contribution in [0.15, 0.2) is 0 Å². The topological polar surface area (TPSA) is 58.4 Å². The second-order valence-electron chi connectivity index (χ2n) is 6.23. The van der Waals surface area contributed by atoms with E-state index in [0.717, 1.165) is 19.3 Å². The van der Waals surface area contributed by atoms with Gasteiger partial charge in [-0.25, -0.2) is 0 Å². The molecule has 0 saturated carbocycles. The Balaban J connectivity index is 3.95. The highest BCUT2D eigenvalue weighted by atomic mass is 16.1. The van der Waals surface area contributed by atoms with E-state index in [-0.39, 0.29) is 23.4 Å². The van der Waals surface area contributed by atoms with Gasteiger partial charge in [-0.05, 0) is 47.7 Å². The van der Waals surface area contributed by atoms with Gasteiger partial charge >= 0.3 is 0 Å². The van der Waals surface area contributed by atoms with E-state index in [1.807, 2.05) is 27.9 Å². The van der Waals surface area contributed by atoms with Crippen molar-refractivity contribution in [1.29, 1.82) is 0 Å². The molecule has 0 aliphatic carbocycles. The van der Waals surface area contributed by atoms with E-state index in [9.17, 15) is 4.79 Å². The molecule has 0 aromatic carbocycles. The lowest BCUT2D eigenvalue weighted by Gasteiger charge is -2.33. The van der Waals surface area contributed by atoms with Gasteiger partial charge in [0.15, 0.2) is 0 Å². The van der Waals surface area contributed by atoms with Crippen LogP contribution < -0.4 is 11.1 Å². The molecule has 18 heavy (non-hydrogen) atoms. The summed E-state index contributed by atoms with van der Waals surface area (Å²) in [6, 6.07) is 0.230. The fraction of sp³-hybridized carbons (Fsp3) is 0.929. The number of hydrogen-bond donors (Lipinski definition) is 2. The number of carbonyl (C=O) groups is 1. The molecule has 0 saturated heterocycles. The molecule has 0 aliphatic heterocycles. The highest BCUT2D eigenvalue weighted by molar-refractivity contribution is 5.78. The molecular formula is C14H31N3O. The van der Waals surface area contributed by atoms with Crippen LogP contribution in [0.2, 0.25) is 0 Å². The van der Waals surface area contributed by atoms with Crippen LogP contribution in [0, 0.1) is 5.92 Å². The fourth-order valence-corrected chi connectivity index (χ4v) is 1.51. The van der Waals surface area contributed by atoms with Gasteiger partial charge in [-0.2, -0.15) is 0 Å². The van der Waals surface area contributed by atoms with Crippen molar-refractivity contribution in [3.8, 4) is 0 Å². The van der Waals surface area contributed by atoms with Crippen molar-refractivity contribution in [3.05, 3.63) is 0 Å². The zero-order chi connectivity index (χ0) is 14.3. The van der Waals surface area contributed by atoms with Crippen molar-refractivity contribution in [2.75, 3.05) is 20.6 Å². The smallest absolute Gasteiger partial charge is 0.222 e. The number of nitrogens with two attached hydrogens (primary N) is 1. The normalized spacial score (nSPS) is 15.6. The summed E-state index contributed by atoms with van der Waals surface area (Å²) in [4.78, 5) is 14.0. The number of rotatable bonds is 8. The summed E-state index contributed by atoms with van der Waals surface area (Å²) in [5.74, 6) is 0.219. The molecule has 108 valence electrons. The third-order valence-corrected chi connectivity index (χ3v) is 3.65. The van der Waals surface area contributed by atoms with Gasteiger partial charge in [-0.15, -0.1) is 0 Å². The summed E-state index contributed by atoms with van der Waals surface area (Å²) >= 11 is 0. The van der Waals surface area contributed by atoms with Crippen LogP contribution in [0.25, 0.3) is 0 Å². The molecule has 0 aromatic rings. The molecule has 0 spiro atoms. The fourth-order valence-electron chi connectivity index (χ4n) is 1.51. The van der Waals surface area contributed by atoms with Gasteiger partial charge in [-0.3, -0.25) is 4.79 Å². The van der Waals surface area contributed by atoms with Crippen LogP contribution in [0.1, 0.15) is 47.0 Å². The van der Waals surface area contributed by atoms with E-state index in [2.05, 4.69) is 24.1 Å². The summed E-state index contributed by atoms with van der Waals surface area (Å²) < 4.78 is 0. The lowest BCUT2D eigenvalue weighted by molar-refractivity contribution is -0.125. The van der Waals surface area contributed by atoms with Crippen LogP contribution in [0.5, 0.6) is 0 Å². The number of likely N-dealkylation sites (N-methyl/N-ethyl adjacent to an activating group) is 1. The van der Waals surface area contributed by atoms with E-state index in [4.69, 9.17) is 5.73 Å². The average Bonchev–Trinajstić information content (AvgIpc) is 2.25. The lowest BCUT2D eigenvalue weighted by atomic mass is 10.00. The maximum atomic E-state index is 11.9. The highest BCUT2D eigenvalue weighted by Gasteiger charge is 2.22. The highest BCUT2D eigenvalue weighted by Crippen LogP contribution is 2.11. The zero-order valence-electron chi connectivity index (χ0n) is 12.9. The predicted octanol–water partition coefficient (Wildman–Crippen LogP) is 1.60. The first-order valence-electron chi connectivity index (χ1n) is 6.87. The molecule has 4 heteroatoms. The molecular weight excluding hydrogens is 226 g/mol. The second kappa shape index (κ2) is 7.74. The van der Waals surface area contributed by atoms with Crippen LogP contribution in [-0.4, -0.2) is 43.0 Å². The molecule has 0 fully saturated rings. The number of amides is 1. The minimum Gasteiger partial charge on any atom is -0.354 e. The average molecular weight is 257 g/mol. The summed E-state index contributed by atoms with van der Waals surface area (Å²) in [5, 5.41) is 3.03. The SMILES string of the molecule is CC(N)CCCC(C)C(=O)NCC(C)(C)N(C)C. The monoisotopic (exact) mass is 257 g/mol. The maximum Gasteiger partial charge on any atom is 0.222 e. The Morgan fingerprint density at radius 1 is 1.28 bits per heavy atom. The van der Waals surface area contributed by atoms with Crippen molar-refractivity contribution >= 4 is 5.91 Å². The molecule has 0 bridgehead atoms. The van der Waals surface area contributed by atoms with Gasteiger partial charge in [0.25, 0.3) is 0 Å². The number of carbonyl (C=O) groups excluding carboxylic acids is 1. The Bertz CT molecular complexity index is 249. The van der Waals surface area contributed by atoms with Crippen molar-refractivity contribution in [3.63, 3.8) is 0 Å². The minimum absolute atomic E-state index is 0.0127. The van der Waals surface area contributed by atoms with E-state index >= 15 is 0 Å². The molecule has 4 nitrogen and oxygen atoms in total. The van der Waals surface area contributed by atoms with Gasteiger partial charge in [0.05, 0.1) is 0 Å².